The van der Waals surface area contributed by atoms with Crippen molar-refractivity contribution in [3.8, 4) is 0 Å². The van der Waals surface area contributed by atoms with Crippen molar-refractivity contribution in [1.82, 2.24) is 14.7 Å². The second-order valence-corrected chi connectivity index (χ2v) is 6.93. The van der Waals surface area contributed by atoms with Gasteiger partial charge in [0.05, 0.1) is 30.6 Å². The molecule has 1 aliphatic heterocycles. The van der Waals surface area contributed by atoms with Crippen molar-refractivity contribution < 1.29 is 27.9 Å². The smallest absolute Gasteiger partial charge is 0.393 e. The molecule has 1 saturated carbocycles. The highest BCUT2D eigenvalue weighted by Crippen LogP contribution is 2.37. The zero-order chi connectivity index (χ0) is 18.9. The summed E-state index contributed by atoms with van der Waals surface area (Å²) in [6.45, 7) is -1.07. The summed E-state index contributed by atoms with van der Waals surface area (Å²) in [5.41, 5.74) is 0. The van der Waals surface area contributed by atoms with Gasteiger partial charge < -0.3 is 10.4 Å². The Labute approximate surface area is 148 Å². The average Bonchev–Trinajstić information content (AvgIpc) is 3.25. The molecule has 7 nitrogen and oxygen atoms in total. The Morgan fingerprint density at radius 3 is 2.54 bits per heavy atom. The Bertz CT molecular complexity index is 670. The highest BCUT2D eigenvalue weighted by molar-refractivity contribution is 5.91. The SMILES string of the molecule is O=C(CN1C[C@@H](C(F)(F)F)[C@H](C(=O)O)C1)Nc1ccnn1C1CCCC1. The highest BCUT2D eigenvalue weighted by Gasteiger charge is 2.52. The van der Waals surface area contributed by atoms with Gasteiger partial charge in [-0.3, -0.25) is 14.5 Å². The molecule has 1 amide bonds. The summed E-state index contributed by atoms with van der Waals surface area (Å²) in [5.74, 6) is -4.96. The summed E-state index contributed by atoms with van der Waals surface area (Å²) in [6.07, 6.45) is 1.12. The zero-order valence-electron chi connectivity index (χ0n) is 14.1. The molecule has 0 unspecified atom stereocenters. The maximum Gasteiger partial charge on any atom is 0.393 e. The quantitative estimate of drug-likeness (QED) is 0.825. The Hall–Kier alpha value is -2.10. The maximum absolute atomic E-state index is 13.0. The van der Waals surface area contributed by atoms with Crippen LogP contribution in [0.2, 0.25) is 0 Å². The van der Waals surface area contributed by atoms with Crippen molar-refractivity contribution in [1.29, 1.82) is 0 Å². The number of aromatic nitrogens is 2. The number of hydrogen-bond donors (Lipinski definition) is 2. The molecule has 1 saturated heterocycles. The normalized spacial score (nSPS) is 24.9. The van der Waals surface area contributed by atoms with Crippen LogP contribution in [0.1, 0.15) is 31.7 Å². The lowest BCUT2D eigenvalue weighted by Gasteiger charge is -2.18. The molecule has 1 aromatic heterocycles. The van der Waals surface area contributed by atoms with Crippen LogP contribution in [0.3, 0.4) is 0 Å². The number of halogens is 3. The van der Waals surface area contributed by atoms with E-state index in [1.165, 1.54) is 4.90 Å². The van der Waals surface area contributed by atoms with Crippen LogP contribution < -0.4 is 5.32 Å². The first-order valence-corrected chi connectivity index (χ1v) is 8.61. The third-order valence-electron chi connectivity index (χ3n) is 5.11. The Kier molecular flexibility index (Phi) is 5.22. The molecular weight excluding hydrogens is 353 g/mol. The number of carboxylic acid groups (broad SMARTS) is 1. The van der Waals surface area contributed by atoms with Crippen LogP contribution in [-0.2, 0) is 9.59 Å². The summed E-state index contributed by atoms with van der Waals surface area (Å²) in [7, 11) is 0. The van der Waals surface area contributed by atoms with E-state index in [-0.39, 0.29) is 19.1 Å². The van der Waals surface area contributed by atoms with Crippen molar-refractivity contribution in [3.63, 3.8) is 0 Å². The van der Waals surface area contributed by atoms with Crippen molar-refractivity contribution in [3.05, 3.63) is 12.3 Å². The lowest BCUT2D eigenvalue weighted by Crippen LogP contribution is -2.34. The fourth-order valence-corrected chi connectivity index (χ4v) is 3.83. The molecule has 26 heavy (non-hydrogen) atoms. The van der Waals surface area contributed by atoms with E-state index in [4.69, 9.17) is 5.11 Å². The number of hydrogen-bond acceptors (Lipinski definition) is 4. The Morgan fingerprint density at radius 1 is 1.27 bits per heavy atom. The number of carboxylic acids is 1. The molecule has 10 heteroatoms. The predicted molar refractivity (Wildman–Crippen MR) is 85.5 cm³/mol. The molecule has 2 N–H and O–H groups in total. The van der Waals surface area contributed by atoms with Gasteiger partial charge in [-0.25, -0.2) is 4.68 Å². The third kappa shape index (κ3) is 4.00. The van der Waals surface area contributed by atoms with Gasteiger partial charge in [0.2, 0.25) is 5.91 Å². The monoisotopic (exact) mass is 374 g/mol. The summed E-state index contributed by atoms with van der Waals surface area (Å²) in [6, 6.07) is 1.87. The molecule has 1 aromatic rings. The fraction of sp³-hybridized carbons (Fsp3) is 0.688. The lowest BCUT2D eigenvalue weighted by atomic mass is 9.96. The summed E-state index contributed by atoms with van der Waals surface area (Å²) in [4.78, 5) is 24.6. The van der Waals surface area contributed by atoms with Gasteiger partial charge in [-0.1, -0.05) is 12.8 Å². The van der Waals surface area contributed by atoms with E-state index in [1.54, 1.807) is 16.9 Å². The van der Waals surface area contributed by atoms with Crippen LogP contribution in [-0.4, -0.2) is 57.5 Å². The number of likely N-dealkylation sites (tertiary alicyclic amines) is 1. The van der Waals surface area contributed by atoms with Crippen molar-refractivity contribution in [2.75, 3.05) is 25.0 Å². The van der Waals surface area contributed by atoms with E-state index in [0.717, 1.165) is 25.7 Å². The van der Waals surface area contributed by atoms with Crippen LogP contribution in [0, 0.1) is 11.8 Å². The number of carbonyl (C=O) groups is 2. The molecule has 2 fully saturated rings. The topological polar surface area (TPSA) is 87.5 Å². The second-order valence-electron chi connectivity index (χ2n) is 6.93. The number of anilines is 1. The minimum atomic E-state index is -4.60. The second kappa shape index (κ2) is 7.26. The number of rotatable bonds is 5. The van der Waals surface area contributed by atoms with E-state index < -0.39 is 36.4 Å². The zero-order valence-corrected chi connectivity index (χ0v) is 14.1. The van der Waals surface area contributed by atoms with Crippen LogP contribution >= 0.6 is 0 Å². The maximum atomic E-state index is 13.0. The molecule has 144 valence electrons. The number of amides is 1. The van der Waals surface area contributed by atoms with Gasteiger partial charge in [-0.2, -0.15) is 18.3 Å². The molecule has 2 heterocycles. The molecule has 0 radical (unpaired) electrons. The minimum absolute atomic E-state index is 0.220. The van der Waals surface area contributed by atoms with Gasteiger partial charge >= 0.3 is 12.1 Å². The number of nitrogens with zero attached hydrogens (tertiary/aromatic N) is 3. The fourth-order valence-electron chi connectivity index (χ4n) is 3.83. The number of alkyl halides is 3. The van der Waals surface area contributed by atoms with Crippen molar-refractivity contribution >= 4 is 17.7 Å². The van der Waals surface area contributed by atoms with Gasteiger partial charge in [-0.15, -0.1) is 0 Å². The molecule has 1 aliphatic carbocycles. The van der Waals surface area contributed by atoms with E-state index in [0.29, 0.717) is 5.82 Å². The first-order valence-electron chi connectivity index (χ1n) is 8.61. The molecule has 2 atom stereocenters. The number of nitrogens with one attached hydrogen (secondary N) is 1. The summed E-state index contributed by atoms with van der Waals surface area (Å²) >= 11 is 0. The van der Waals surface area contributed by atoms with Gasteiger partial charge in [0.15, 0.2) is 0 Å². The van der Waals surface area contributed by atoms with Crippen LogP contribution in [0.15, 0.2) is 12.3 Å². The van der Waals surface area contributed by atoms with Crippen LogP contribution in [0.25, 0.3) is 0 Å². The van der Waals surface area contributed by atoms with E-state index in [2.05, 4.69) is 10.4 Å². The summed E-state index contributed by atoms with van der Waals surface area (Å²) in [5, 5.41) is 15.9. The number of carbonyl (C=O) groups excluding carboxylic acids is 1. The van der Waals surface area contributed by atoms with Crippen molar-refractivity contribution in [2.45, 2.75) is 37.9 Å². The highest BCUT2D eigenvalue weighted by atomic mass is 19.4. The Morgan fingerprint density at radius 2 is 1.96 bits per heavy atom. The largest absolute Gasteiger partial charge is 0.481 e. The van der Waals surface area contributed by atoms with Crippen LogP contribution in [0.5, 0.6) is 0 Å². The van der Waals surface area contributed by atoms with E-state index in [9.17, 15) is 22.8 Å². The molecule has 0 aromatic carbocycles. The van der Waals surface area contributed by atoms with Gasteiger partial charge in [-0.05, 0) is 12.8 Å². The molecule has 0 bridgehead atoms. The molecule has 3 rings (SSSR count). The van der Waals surface area contributed by atoms with E-state index in [1.807, 2.05) is 0 Å². The van der Waals surface area contributed by atoms with Gasteiger partial charge in [0.1, 0.15) is 5.82 Å². The third-order valence-corrected chi connectivity index (χ3v) is 5.11. The van der Waals surface area contributed by atoms with Crippen molar-refractivity contribution in [2.24, 2.45) is 11.8 Å². The predicted octanol–water partition coefficient (Wildman–Crippen LogP) is 2.13. The first kappa shape index (κ1) is 18.7. The minimum Gasteiger partial charge on any atom is -0.481 e. The summed E-state index contributed by atoms with van der Waals surface area (Å²) < 4.78 is 40.8. The Balaban J connectivity index is 1.61. The first-order chi connectivity index (χ1) is 12.3. The lowest BCUT2D eigenvalue weighted by molar-refractivity contribution is -0.188. The van der Waals surface area contributed by atoms with Gasteiger partial charge in [0.25, 0.3) is 0 Å². The molecular formula is C16H21F3N4O3. The van der Waals surface area contributed by atoms with E-state index >= 15 is 0 Å². The average molecular weight is 374 g/mol. The van der Waals surface area contributed by atoms with Gasteiger partial charge in [0, 0.05) is 19.2 Å². The molecule has 2 aliphatic rings. The number of aliphatic carboxylic acids is 1. The van der Waals surface area contributed by atoms with Crippen LogP contribution in [0.4, 0.5) is 19.0 Å². The molecule has 0 spiro atoms. The standard InChI is InChI=1S/C16H21F3N4O3/c17-16(18,19)12-8-22(7-11(12)15(25)26)9-14(24)21-13-5-6-20-23(13)10-3-1-2-4-10/h5-6,10-12H,1-4,7-9H2,(H,21,24)(H,25,26)/t11-,12-/m1/s1.